The first-order valence-electron chi connectivity index (χ1n) is 9.57. The fraction of sp³-hybridized carbons (Fsp3) is 0.227. The standard InChI is InChI=1S/C22H21ClN6O/c1-22(17-7-8-17,20(24)29-19(30)14-4-9-18(23)26-10-14)16-5-2-13(3-6-16)15-11-27-21(25)28-12-15/h2-6,9-12,17H,7-8H2,1H3,(H2,24,29,30)(H2,25,27,28). The fourth-order valence-corrected chi connectivity index (χ4v) is 3.65. The normalized spacial score (nSPS) is 16.1. The van der Waals surface area contributed by atoms with Gasteiger partial charge in [-0.1, -0.05) is 35.9 Å². The molecule has 1 unspecified atom stereocenters. The van der Waals surface area contributed by atoms with Crippen LogP contribution in [0.4, 0.5) is 5.95 Å². The Kier molecular flexibility index (Phi) is 5.22. The molecule has 3 aromatic rings. The van der Waals surface area contributed by atoms with Gasteiger partial charge in [-0.2, -0.15) is 4.99 Å². The third kappa shape index (κ3) is 3.89. The Labute approximate surface area is 179 Å². The monoisotopic (exact) mass is 420 g/mol. The molecule has 0 bridgehead atoms. The molecule has 0 aliphatic heterocycles. The number of aliphatic imine (C=N–C) groups is 1. The topological polar surface area (TPSA) is 120 Å². The first-order chi connectivity index (χ1) is 14.4. The zero-order valence-electron chi connectivity index (χ0n) is 16.4. The summed E-state index contributed by atoms with van der Waals surface area (Å²) < 4.78 is 0. The summed E-state index contributed by atoms with van der Waals surface area (Å²) >= 11 is 5.79. The molecular weight excluding hydrogens is 400 g/mol. The molecule has 4 rings (SSSR count). The lowest BCUT2D eigenvalue weighted by molar-refractivity contribution is 0.100. The maximum atomic E-state index is 12.6. The van der Waals surface area contributed by atoms with Gasteiger partial charge < -0.3 is 11.5 Å². The van der Waals surface area contributed by atoms with Crippen molar-refractivity contribution in [2.75, 3.05) is 5.73 Å². The van der Waals surface area contributed by atoms with Crippen molar-refractivity contribution >= 4 is 29.3 Å². The van der Waals surface area contributed by atoms with Crippen molar-refractivity contribution in [1.82, 2.24) is 15.0 Å². The minimum absolute atomic E-state index is 0.237. The number of rotatable bonds is 5. The van der Waals surface area contributed by atoms with Gasteiger partial charge in [0.15, 0.2) is 0 Å². The molecule has 0 radical (unpaired) electrons. The van der Waals surface area contributed by atoms with Crippen LogP contribution in [-0.4, -0.2) is 26.7 Å². The van der Waals surface area contributed by atoms with Crippen LogP contribution in [0.25, 0.3) is 11.1 Å². The number of nitrogen functional groups attached to an aromatic ring is 1. The van der Waals surface area contributed by atoms with Gasteiger partial charge in [-0.25, -0.2) is 15.0 Å². The summed E-state index contributed by atoms with van der Waals surface area (Å²) in [6.45, 7) is 2.04. The van der Waals surface area contributed by atoms with Crippen molar-refractivity contribution in [2.45, 2.75) is 25.2 Å². The first-order valence-corrected chi connectivity index (χ1v) is 9.94. The number of benzene rings is 1. The molecule has 2 heterocycles. The highest BCUT2D eigenvalue weighted by molar-refractivity contribution is 6.29. The molecule has 30 heavy (non-hydrogen) atoms. The van der Waals surface area contributed by atoms with Gasteiger partial charge in [0.1, 0.15) is 11.0 Å². The average Bonchev–Trinajstić information content (AvgIpc) is 3.60. The number of halogens is 1. The van der Waals surface area contributed by atoms with Crippen molar-refractivity contribution in [3.63, 3.8) is 0 Å². The van der Waals surface area contributed by atoms with E-state index in [1.807, 2.05) is 31.2 Å². The summed E-state index contributed by atoms with van der Waals surface area (Å²) in [7, 11) is 0. The Morgan fingerprint density at radius 3 is 2.27 bits per heavy atom. The molecule has 152 valence electrons. The van der Waals surface area contributed by atoms with Gasteiger partial charge in [0.25, 0.3) is 5.91 Å². The number of hydrogen-bond donors (Lipinski definition) is 2. The van der Waals surface area contributed by atoms with E-state index in [9.17, 15) is 4.79 Å². The minimum atomic E-state index is -0.536. The first kappa shape index (κ1) is 20.0. The van der Waals surface area contributed by atoms with Crippen LogP contribution in [0.3, 0.4) is 0 Å². The average molecular weight is 421 g/mol. The van der Waals surface area contributed by atoms with Crippen molar-refractivity contribution in [3.05, 3.63) is 71.3 Å². The second-order valence-electron chi connectivity index (χ2n) is 7.56. The number of aromatic nitrogens is 3. The number of nitrogens with zero attached hydrogens (tertiary/aromatic N) is 4. The van der Waals surface area contributed by atoms with E-state index < -0.39 is 11.3 Å². The number of amides is 1. The van der Waals surface area contributed by atoms with E-state index in [0.29, 0.717) is 22.5 Å². The summed E-state index contributed by atoms with van der Waals surface area (Å²) in [5.74, 6) is 0.442. The molecule has 4 N–H and O–H groups in total. The van der Waals surface area contributed by atoms with Gasteiger partial charge >= 0.3 is 0 Å². The van der Waals surface area contributed by atoms with Gasteiger partial charge in [-0.05, 0) is 48.9 Å². The molecule has 8 heteroatoms. The number of nitrogens with two attached hydrogens (primary N) is 2. The van der Waals surface area contributed by atoms with Gasteiger partial charge in [0.2, 0.25) is 5.95 Å². The maximum absolute atomic E-state index is 12.6. The Morgan fingerprint density at radius 1 is 1.03 bits per heavy atom. The number of carbonyl (C=O) groups is 1. The van der Waals surface area contributed by atoms with Crippen LogP contribution in [0.15, 0.2) is 60.0 Å². The van der Waals surface area contributed by atoms with E-state index >= 15 is 0 Å². The second-order valence-corrected chi connectivity index (χ2v) is 7.94. The third-order valence-corrected chi connectivity index (χ3v) is 5.84. The van der Waals surface area contributed by atoms with Gasteiger partial charge in [0, 0.05) is 24.2 Å². The highest BCUT2D eigenvalue weighted by Gasteiger charge is 2.46. The van der Waals surface area contributed by atoms with Crippen LogP contribution in [0, 0.1) is 5.92 Å². The van der Waals surface area contributed by atoms with Crippen molar-refractivity contribution in [2.24, 2.45) is 16.6 Å². The van der Waals surface area contributed by atoms with Gasteiger partial charge in [0.05, 0.1) is 11.0 Å². The molecule has 0 spiro atoms. The number of amidine groups is 1. The molecule has 1 aliphatic rings. The SMILES string of the molecule is CC(C(N)=NC(=O)c1ccc(Cl)nc1)(c1ccc(-c2cnc(N)nc2)cc1)C1CC1. The van der Waals surface area contributed by atoms with Crippen LogP contribution in [0.1, 0.15) is 35.7 Å². The Hall–Kier alpha value is -3.32. The molecule has 1 saturated carbocycles. The van der Waals surface area contributed by atoms with Crippen molar-refractivity contribution in [3.8, 4) is 11.1 Å². The van der Waals surface area contributed by atoms with Crippen LogP contribution in [0.5, 0.6) is 0 Å². The molecule has 1 aromatic carbocycles. The summed E-state index contributed by atoms with van der Waals surface area (Å²) in [6.07, 6.45) is 6.85. The predicted molar refractivity (Wildman–Crippen MR) is 117 cm³/mol. The molecule has 0 saturated heterocycles. The van der Waals surface area contributed by atoms with Crippen LogP contribution >= 0.6 is 11.6 Å². The van der Waals surface area contributed by atoms with Crippen molar-refractivity contribution in [1.29, 1.82) is 0 Å². The Balaban J connectivity index is 1.64. The number of anilines is 1. The molecule has 1 fully saturated rings. The zero-order chi connectivity index (χ0) is 21.3. The molecule has 2 aromatic heterocycles. The fourth-order valence-electron chi connectivity index (χ4n) is 3.54. The van der Waals surface area contributed by atoms with E-state index in [0.717, 1.165) is 29.5 Å². The van der Waals surface area contributed by atoms with E-state index in [1.165, 1.54) is 6.20 Å². The summed E-state index contributed by atoms with van der Waals surface area (Å²) in [4.78, 5) is 28.8. The maximum Gasteiger partial charge on any atom is 0.280 e. The van der Waals surface area contributed by atoms with Crippen LogP contribution in [0.2, 0.25) is 5.15 Å². The highest BCUT2D eigenvalue weighted by atomic mass is 35.5. The second kappa shape index (κ2) is 7.84. The third-order valence-electron chi connectivity index (χ3n) is 5.61. The smallest absolute Gasteiger partial charge is 0.280 e. The minimum Gasteiger partial charge on any atom is -0.386 e. The summed E-state index contributed by atoms with van der Waals surface area (Å²) in [5.41, 5.74) is 14.6. The highest BCUT2D eigenvalue weighted by Crippen LogP contribution is 2.47. The van der Waals surface area contributed by atoms with Crippen LogP contribution < -0.4 is 11.5 Å². The molecule has 1 amide bonds. The van der Waals surface area contributed by atoms with E-state index in [4.69, 9.17) is 23.1 Å². The molecular formula is C22H21ClN6O. The quantitative estimate of drug-likeness (QED) is 0.369. The lowest BCUT2D eigenvalue weighted by atomic mass is 9.76. The summed E-state index contributed by atoms with van der Waals surface area (Å²) in [5, 5.41) is 0.318. The van der Waals surface area contributed by atoms with Crippen LogP contribution in [-0.2, 0) is 5.41 Å². The summed E-state index contributed by atoms with van der Waals surface area (Å²) in [6, 6.07) is 11.2. The molecule has 7 nitrogen and oxygen atoms in total. The zero-order valence-corrected chi connectivity index (χ0v) is 17.2. The Morgan fingerprint density at radius 2 is 1.70 bits per heavy atom. The number of pyridine rings is 1. The van der Waals surface area contributed by atoms with E-state index in [-0.39, 0.29) is 5.95 Å². The lowest BCUT2D eigenvalue weighted by Gasteiger charge is -2.30. The molecule has 1 aliphatic carbocycles. The largest absolute Gasteiger partial charge is 0.386 e. The number of carbonyl (C=O) groups excluding carboxylic acids is 1. The van der Waals surface area contributed by atoms with E-state index in [2.05, 4.69) is 19.9 Å². The van der Waals surface area contributed by atoms with Gasteiger partial charge in [-0.3, -0.25) is 4.79 Å². The van der Waals surface area contributed by atoms with Gasteiger partial charge in [-0.15, -0.1) is 0 Å². The predicted octanol–water partition coefficient (Wildman–Crippen LogP) is 3.64. The number of hydrogen-bond acceptors (Lipinski definition) is 5. The van der Waals surface area contributed by atoms with E-state index in [1.54, 1.807) is 24.5 Å². The lowest BCUT2D eigenvalue weighted by Crippen LogP contribution is -2.41. The Bertz CT molecular complexity index is 1090. The van der Waals surface area contributed by atoms with Crippen molar-refractivity contribution < 1.29 is 4.79 Å². The molecule has 1 atom stereocenters.